The van der Waals surface area contributed by atoms with Crippen LogP contribution in [0.1, 0.15) is 27.1 Å². The van der Waals surface area contributed by atoms with Crippen LogP contribution < -0.4 is 10.6 Å². The maximum atomic E-state index is 12.4. The first kappa shape index (κ1) is 20.2. The van der Waals surface area contributed by atoms with Gasteiger partial charge in [0.05, 0.1) is 0 Å². The van der Waals surface area contributed by atoms with E-state index in [0.29, 0.717) is 30.6 Å². The van der Waals surface area contributed by atoms with Crippen LogP contribution in [0.3, 0.4) is 0 Å². The summed E-state index contributed by atoms with van der Waals surface area (Å²) in [5.74, 6) is 0.0163. The average Bonchev–Trinajstić information content (AvgIpc) is 2.77. The number of carbonyl (C=O) groups excluding carboxylic acids is 2. The molecule has 0 saturated carbocycles. The van der Waals surface area contributed by atoms with E-state index in [9.17, 15) is 19.8 Å². The van der Waals surface area contributed by atoms with Gasteiger partial charge >= 0.3 is 0 Å². The predicted octanol–water partition coefficient (Wildman–Crippen LogP) is 3.95. The first-order chi connectivity index (χ1) is 15.0. The smallest absolute Gasteiger partial charge is 0.251 e. The van der Waals surface area contributed by atoms with Gasteiger partial charge < -0.3 is 20.8 Å². The molecule has 0 atom stereocenters. The summed E-state index contributed by atoms with van der Waals surface area (Å²) in [7, 11) is 0. The Hall–Kier alpha value is -4.06. The number of fused-ring (bicyclic) bond motifs is 2. The van der Waals surface area contributed by atoms with E-state index in [0.717, 1.165) is 21.5 Å². The standard InChI is InChI=1S/C25H22N2O4/c28-22-8-6-16-12-20(4-2-18(16)14-22)24(30)26-10-1-11-27-25(31)21-5-3-19-15-23(29)9-7-17(19)13-21/h2-9,12-15,28-29H,1,10-11H2,(H,26,30)(H,27,31). The fraction of sp³-hybridized carbons (Fsp3) is 0.120. The Kier molecular flexibility index (Phi) is 5.71. The van der Waals surface area contributed by atoms with Gasteiger partial charge in [-0.1, -0.05) is 24.3 Å². The van der Waals surface area contributed by atoms with Gasteiger partial charge in [-0.15, -0.1) is 0 Å². The summed E-state index contributed by atoms with van der Waals surface area (Å²) in [5.41, 5.74) is 1.09. The monoisotopic (exact) mass is 414 g/mol. The molecule has 0 unspecified atom stereocenters. The van der Waals surface area contributed by atoms with Crippen LogP contribution in [0.25, 0.3) is 21.5 Å². The largest absolute Gasteiger partial charge is 0.508 e. The minimum Gasteiger partial charge on any atom is -0.508 e. The molecule has 6 heteroatoms. The summed E-state index contributed by atoms with van der Waals surface area (Å²) < 4.78 is 0. The Balaban J connectivity index is 1.26. The summed E-state index contributed by atoms with van der Waals surface area (Å²) in [6, 6.07) is 20.6. The number of amides is 2. The molecule has 4 rings (SSSR count). The summed E-state index contributed by atoms with van der Waals surface area (Å²) in [6.07, 6.45) is 0.598. The number of carbonyl (C=O) groups is 2. The van der Waals surface area contributed by atoms with Crippen LogP contribution in [0.5, 0.6) is 11.5 Å². The van der Waals surface area contributed by atoms with Gasteiger partial charge in [0, 0.05) is 24.2 Å². The van der Waals surface area contributed by atoms with Crippen molar-refractivity contribution in [2.45, 2.75) is 6.42 Å². The normalized spacial score (nSPS) is 10.8. The van der Waals surface area contributed by atoms with Gasteiger partial charge in [0.1, 0.15) is 11.5 Å². The van der Waals surface area contributed by atoms with Crippen LogP contribution in [-0.2, 0) is 0 Å². The second kappa shape index (κ2) is 8.75. The lowest BCUT2D eigenvalue weighted by molar-refractivity contribution is 0.0952. The van der Waals surface area contributed by atoms with Crippen LogP contribution in [0, 0.1) is 0 Å². The molecule has 0 aliphatic rings. The lowest BCUT2D eigenvalue weighted by atomic mass is 10.1. The van der Waals surface area contributed by atoms with Crippen molar-refractivity contribution in [1.29, 1.82) is 0 Å². The lowest BCUT2D eigenvalue weighted by Gasteiger charge is -2.08. The zero-order valence-electron chi connectivity index (χ0n) is 16.8. The summed E-state index contributed by atoms with van der Waals surface area (Å²) in [6.45, 7) is 0.869. The number of hydrogen-bond donors (Lipinski definition) is 4. The third-order valence-electron chi connectivity index (χ3n) is 5.10. The molecule has 0 aromatic heterocycles. The molecule has 4 N–H and O–H groups in total. The van der Waals surface area contributed by atoms with E-state index in [-0.39, 0.29) is 23.3 Å². The molecule has 0 aliphatic heterocycles. The summed E-state index contributed by atoms with van der Waals surface area (Å²) in [4.78, 5) is 24.7. The predicted molar refractivity (Wildman–Crippen MR) is 121 cm³/mol. The Labute approximate surface area is 179 Å². The minimum atomic E-state index is -0.181. The van der Waals surface area contributed by atoms with Crippen molar-refractivity contribution in [2.75, 3.05) is 13.1 Å². The molecule has 0 aliphatic carbocycles. The van der Waals surface area contributed by atoms with Gasteiger partial charge in [-0.25, -0.2) is 0 Å². The highest BCUT2D eigenvalue weighted by atomic mass is 16.3. The highest BCUT2D eigenvalue weighted by Crippen LogP contribution is 2.22. The molecule has 0 radical (unpaired) electrons. The number of nitrogens with one attached hydrogen (secondary N) is 2. The zero-order chi connectivity index (χ0) is 21.8. The SMILES string of the molecule is O=C(NCCCNC(=O)c1ccc2cc(O)ccc2c1)c1ccc2cc(O)ccc2c1. The molecular weight excluding hydrogens is 392 g/mol. The lowest BCUT2D eigenvalue weighted by Crippen LogP contribution is -2.29. The van der Waals surface area contributed by atoms with E-state index in [2.05, 4.69) is 10.6 Å². The fourth-order valence-electron chi connectivity index (χ4n) is 3.45. The van der Waals surface area contributed by atoms with E-state index < -0.39 is 0 Å². The van der Waals surface area contributed by atoms with E-state index in [1.807, 2.05) is 0 Å². The quantitative estimate of drug-likeness (QED) is 0.359. The van der Waals surface area contributed by atoms with Crippen molar-refractivity contribution in [1.82, 2.24) is 10.6 Å². The number of rotatable bonds is 6. The van der Waals surface area contributed by atoms with Gasteiger partial charge in [0.25, 0.3) is 11.8 Å². The molecule has 0 fully saturated rings. The maximum Gasteiger partial charge on any atom is 0.251 e. The summed E-state index contributed by atoms with van der Waals surface area (Å²) >= 11 is 0. The van der Waals surface area contributed by atoms with Crippen molar-refractivity contribution >= 4 is 33.4 Å². The van der Waals surface area contributed by atoms with Crippen LogP contribution >= 0.6 is 0 Å². The fourth-order valence-corrected chi connectivity index (χ4v) is 3.45. The minimum absolute atomic E-state index is 0.181. The molecule has 4 aromatic carbocycles. The van der Waals surface area contributed by atoms with Gasteiger partial charge in [-0.05, 0) is 76.5 Å². The third kappa shape index (κ3) is 4.75. The third-order valence-corrected chi connectivity index (χ3v) is 5.10. The molecule has 2 amide bonds. The Bertz CT molecular complexity index is 1180. The van der Waals surface area contributed by atoms with Gasteiger partial charge in [0.15, 0.2) is 0 Å². The van der Waals surface area contributed by atoms with Crippen molar-refractivity contribution in [3.63, 3.8) is 0 Å². The first-order valence-electron chi connectivity index (χ1n) is 10.0. The van der Waals surface area contributed by atoms with Crippen LogP contribution in [0.15, 0.2) is 72.8 Å². The van der Waals surface area contributed by atoms with Crippen molar-refractivity contribution in [2.24, 2.45) is 0 Å². The molecule has 4 aromatic rings. The average molecular weight is 414 g/mol. The molecule has 0 spiro atoms. The molecule has 156 valence electrons. The van der Waals surface area contributed by atoms with E-state index in [4.69, 9.17) is 0 Å². The second-order valence-corrected chi connectivity index (χ2v) is 7.36. The number of aromatic hydroxyl groups is 2. The highest BCUT2D eigenvalue weighted by molar-refractivity contribution is 5.99. The highest BCUT2D eigenvalue weighted by Gasteiger charge is 2.08. The van der Waals surface area contributed by atoms with Crippen molar-refractivity contribution in [3.05, 3.63) is 83.9 Å². The first-order valence-corrected chi connectivity index (χ1v) is 10.0. The molecule has 31 heavy (non-hydrogen) atoms. The Morgan fingerprint density at radius 2 is 0.968 bits per heavy atom. The second-order valence-electron chi connectivity index (χ2n) is 7.36. The van der Waals surface area contributed by atoms with E-state index in [1.165, 1.54) is 0 Å². The maximum absolute atomic E-state index is 12.4. The number of benzene rings is 4. The Morgan fingerprint density at radius 1 is 0.581 bits per heavy atom. The van der Waals surface area contributed by atoms with E-state index >= 15 is 0 Å². The summed E-state index contributed by atoms with van der Waals surface area (Å²) in [5, 5.41) is 28.2. The number of phenols is 2. The molecule has 6 nitrogen and oxygen atoms in total. The van der Waals surface area contributed by atoms with Crippen LogP contribution in [0.2, 0.25) is 0 Å². The van der Waals surface area contributed by atoms with Crippen molar-refractivity contribution < 1.29 is 19.8 Å². The zero-order valence-corrected chi connectivity index (χ0v) is 16.8. The van der Waals surface area contributed by atoms with Gasteiger partial charge in [-0.3, -0.25) is 9.59 Å². The van der Waals surface area contributed by atoms with Crippen LogP contribution in [-0.4, -0.2) is 35.1 Å². The number of phenolic OH excluding ortho intramolecular Hbond substituents is 2. The molecular formula is C25H22N2O4. The van der Waals surface area contributed by atoms with Gasteiger partial charge in [-0.2, -0.15) is 0 Å². The molecule has 0 bridgehead atoms. The van der Waals surface area contributed by atoms with Crippen molar-refractivity contribution in [3.8, 4) is 11.5 Å². The van der Waals surface area contributed by atoms with Crippen LogP contribution in [0.4, 0.5) is 0 Å². The number of hydrogen-bond acceptors (Lipinski definition) is 4. The molecule has 0 saturated heterocycles. The van der Waals surface area contributed by atoms with Gasteiger partial charge in [0.2, 0.25) is 0 Å². The molecule has 0 heterocycles. The van der Waals surface area contributed by atoms with E-state index in [1.54, 1.807) is 72.8 Å². The topological polar surface area (TPSA) is 98.7 Å². The Morgan fingerprint density at radius 3 is 1.42 bits per heavy atom.